The molecule has 0 saturated heterocycles. The van der Waals surface area contributed by atoms with Gasteiger partial charge in [0.15, 0.2) is 0 Å². The highest BCUT2D eigenvalue weighted by atomic mass is 15.4. The van der Waals surface area contributed by atoms with Crippen molar-refractivity contribution in [1.82, 2.24) is 0 Å². The Kier molecular flexibility index (Phi) is 3.28. The average molecular weight is 190 g/mol. The van der Waals surface area contributed by atoms with Crippen LogP contribution in [0, 0.1) is 6.92 Å². The van der Waals surface area contributed by atoms with Gasteiger partial charge in [-0.05, 0) is 30.0 Å². The zero-order valence-electron chi connectivity index (χ0n) is 9.41. The van der Waals surface area contributed by atoms with Gasteiger partial charge < -0.3 is 0 Å². The molecule has 0 aliphatic carbocycles. The average Bonchev–Trinajstić information content (AvgIpc) is 2.17. The van der Waals surface area contributed by atoms with Crippen molar-refractivity contribution in [3.63, 3.8) is 0 Å². The quantitative estimate of drug-likeness (QED) is 0.528. The molecule has 0 amide bonds. The molecule has 0 heterocycles. The zero-order valence-corrected chi connectivity index (χ0v) is 9.41. The predicted molar refractivity (Wildman–Crippen MR) is 63.2 cm³/mol. The Hall–Kier alpha value is -1.31. The lowest BCUT2D eigenvalue weighted by molar-refractivity contribution is 0.862. The molecule has 0 aromatic heterocycles. The summed E-state index contributed by atoms with van der Waals surface area (Å²) >= 11 is 0. The standard InChI is InChI=1S/C12H18N2/c1-9(2)11-7-6-10(3)12(8-11)14(5)13-4/h6-9H,4H2,1-3,5H3. The van der Waals surface area contributed by atoms with Crippen LogP contribution < -0.4 is 5.01 Å². The molecule has 0 fully saturated rings. The maximum Gasteiger partial charge on any atom is 0.0622 e. The van der Waals surface area contributed by atoms with Crippen molar-refractivity contribution in [2.24, 2.45) is 5.10 Å². The van der Waals surface area contributed by atoms with Crippen molar-refractivity contribution >= 4 is 12.4 Å². The number of aryl methyl sites for hydroxylation is 1. The fourth-order valence-electron chi connectivity index (χ4n) is 1.41. The van der Waals surface area contributed by atoms with Crippen molar-refractivity contribution in [1.29, 1.82) is 0 Å². The van der Waals surface area contributed by atoms with E-state index in [1.54, 1.807) is 5.01 Å². The summed E-state index contributed by atoms with van der Waals surface area (Å²) in [6.07, 6.45) is 0. The summed E-state index contributed by atoms with van der Waals surface area (Å²) in [5.41, 5.74) is 3.69. The van der Waals surface area contributed by atoms with Crippen LogP contribution >= 0.6 is 0 Å². The van der Waals surface area contributed by atoms with Crippen LogP contribution in [0.25, 0.3) is 0 Å². The predicted octanol–water partition coefficient (Wildman–Crippen LogP) is 3.17. The number of benzene rings is 1. The van der Waals surface area contributed by atoms with Gasteiger partial charge in [-0.25, -0.2) is 0 Å². The third kappa shape index (κ3) is 2.13. The van der Waals surface area contributed by atoms with E-state index in [1.807, 2.05) is 7.05 Å². The van der Waals surface area contributed by atoms with Crippen molar-refractivity contribution in [3.05, 3.63) is 29.3 Å². The molecule has 0 aliphatic heterocycles. The molecule has 0 N–H and O–H groups in total. The first kappa shape index (κ1) is 10.8. The Morgan fingerprint density at radius 3 is 2.50 bits per heavy atom. The number of anilines is 1. The Labute approximate surface area is 86.2 Å². The van der Waals surface area contributed by atoms with E-state index in [1.165, 1.54) is 11.1 Å². The second-order valence-corrected chi connectivity index (χ2v) is 3.87. The molecule has 0 bridgehead atoms. The third-order valence-corrected chi connectivity index (χ3v) is 2.46. The molecule has 14 heavy (non-hydrogen) atoms. The lowest BCUT2D eigenvalue weighted by Gasteiger charge is -2.17. The maximum atomic E-state index is 3.90. The van der Waals surface area contributed by atoms with Gasteiger partial charge in [0.2, 0.25) is 0 Å². The van der Waals surface area contributed by atoms with Crippen molar-refractivity contribution < 1.29 is 0 Å². The molecular formula is C12H18N2. The summed E-state index contributed by atoms with van der Waals surface area (Å²) < 4.78 is 0. The fourth-order valence-corrected chi connectivity index (χ4v) is 1.41. The van der Waals surface area contributed by atoms with E-state index in [0.717, 1.165) is 5.69 Å². The van der Waals surface area contributed by atoms with Gasteiger partial charge in [-0.3, -0.25) is 5.01 Å². The van der Waals surface area contributed by atoms with Gasteiger partial charge >= 0.3 is 0 Å². The monoisotopic (exact) mass is 190 g/mol. The van der Waals surface area contributed by atoms with E-state index >= 15 is 0 Å². The molecule has 0 spiro atoms. The van der Waals surface area contributed by atoms with Gasteiger partial charge in [0.05, 0.1) is 5.69 Å². The second-order valence-electron chi connectivity index (χ2n) is 3.87. The Bertz CT molecular complexity index is 329. The summed E-state index contributed by atoms with van der Waals surface area (Å²) in [7, 11) is 1.92. The van der Waals surface area contributed by atoms with Crippen LogP contribution in [-0.4, -0.2) is 13.8 Å². The first-order valence-corrected chi connectivity index (χ1v) is 4.87. The summed E-state index contributed by atoms with van der Waals surface area (Å²) in [6.45, 7) is 9.99. The minimum Gasteiger partial charge on any atom is -0.269 e. The molecule has 0 atom stereocenters. The summed E-state index contributed by atoms with van der Waals surface area (Å²) in [5, 5.41) is 5.71. The van der Waals surface area contributed by atoms with Crippen molar-refractivity contribution in [2.45, 2.75) is 26.7 Å². The first-order chi connectivity index (χ1) is 6.56. The molecule has 76 valence electrons. The molecule has 1 rings (SSSR count). The normalized spacial score (nSPS) is 10.4. The van der Waals surface area contributed by atoms with E-state index in [0.29, 0.717) is 5.92 Å². The molecule has 2 nitrogen and oxygen atoms in total. The molecule has 1 aromatic carbocycles. The number of nitrogens with zero attached hydrogens (tertiary/aromatic N) is 2. The van der Waals surface area contributed by atoms with Gasteiger partial charge in [-0.1, -0.05) is 26.0 Å². The molecule has 0 radical (unpaired) electrons. The highest BCUT2D eigenvalue weighted by Gasteiger charge is 2.06. The van der Waals surface area contributed by atoms with Crippen LogP contribution in [0.4, 0.5) is 5.69 Å². The van der Waals surface area contributed by atoms with E-state index < -0.39 is 0 Å². The highest BCUT2D eigenvalue weighted by Crippen LogP contribution is 2.24. The molecule has 1 aromatic rings. The van der Waals surface area contributed by atoms with Gasteiger partial charge in [0.25, 0.3) is 0 Å². The van der Waals surface area contributed by atoms with Gasteiger partial charge in [0.1, 0.15) is 0 Å². The lowest BCUT2D eigenvalue weighted by Crippen LogP contribution is -2.09. The highest BCUT2D eigenvalue weighted by molar-refractivity contribution is 5.55. The third-order valence-electron chi connectivity index (χ3n) is 2.46. The summed E-state index contributed by atoms with van der Waals surface area (Å²) in [5.74, 6) is 0.549. The van der Waals surface area contributed by atoms with Crippen LogP contribution in [0.3, 0.4) is 0 Å². The number of hydrogen-bond donors (Lipinski definition) is 0. The summed E-state index contributed by atoms with van der Waals surface area (Å²) in [4.78, 5) is 0. The maximum absolute atomic E-state index is 3.90. The van der Waals surface area contributed by atoms with Crippen LogP contribution in [-0.2, 0) is 0 Å². The van der Waals surface area contributed by atoms with E-state index in [9.17, 15) is 0 Å². The molecule has 0 unspecified atom stereocenters. The SMILES string of the molecule is C=NN(C)c1cc(C(C)C)ccc1C. The number of rotatable bonds is 3. The Morgan fingerprint density at radius 1 is 1.36 bits per heavy atom. The molecule has 0 saturated carbocycles. The first-order valence-electron chi connectivity index (χ1n) is 4.87. The molecule has 0 aliphatic rings. The van der Waals surface area contributed by atoms with E-state index in [-0.39, 0.29) is 0 Å². The van der Waals surface area contributed by atoms with Gasteiger partial charge in [-0.2, -0.15) is 5.10 Å². The Balaban J connectivity index is 3.14. The van der Waals surface area contributed by atoms with Crippen LogP contribution in [0.2, 0.25) is 0 Å². The topological polar surface area (TPSA) is 15.6 Å². The van der Waals surface area contributed by atoms with Crippen molar-refractivity contribution in [2.75, 3.05) is 12.1 Å². The number of hydrazone groups is 1. The van der Waals surface area contributed by atoms with E-state index in [4.69, 9.17) is 0 Å². The van der Waals surface area contributed by atoms with Gasteiger partial charge in [0, 0.05) is 13.8 Å². The largest absolute Gasteiger partial charge is 0.269 e. The van der Waals surface area contributed by atoms with Crippen molar-refractivity contribution in [3.8, 4) is 0 Å². The van der Waals surface area contributed by atoms with Crippen LogP contribution in [0.5, 0.6) is 0 Å². The molecule has 2 heteroatoms. The van der Waals surface area contributed by atoms with Crippen LogP contribution in [0.1, 0.15) is 30.9 Å². The zero-order chi connectivity index (χ0) is 10.7. The number of hydrogen-bond acceptors (Lipinski definition) is 2. The molecular weight excluding hydrogens is 172 g/mol. The van der Waals surface area contributed by atoms with Crippen LogP contribution in [0.15, 0.2) is 23.3 Å². The minimum atomic E-state index is 0.549. The van der Waals surface area contributed by atoms with Gasteiger partial charge in [-0.15, -0.1) is 0 Å². The summed E-state index contributed by atoms with van der Waals surface area (Å²) in [6, 6.07) is 6.47. The fraction of sp³-hybridized carbons (Fsp3) is 0.417. The van der Waals surface area contributed by atoms with E-state index in [2.05, 4.69) is 50.8 Å². The second kappa shape index (κ2) is 4.27. The lowest BCUT2D eigenvalue weighted by atomic mass is 10.0. The minimum absolute atomic E-state index is 0.549. The Morgan fingerprint density at radius 2 is 2.00 bits per heavy atom. The smallest absolute Gasteiger partial charge is 0.0622 e.